The van der Waals surface area contributed by atoms with Crippen molar-refractivity contribution >= 4 is 27.5 Å². The minimum atomic E-state index is -3.77. The van der Waals surface area contributed by atoms with E-state index in [9.17, 15) is 18.0 Å². The highest BCUT2D eigenvalue weighted by Gasteiger charge is 2.15. The van der Waals surface area contributed by atoms with Crippen LogP contribution in [0, 0.1) is 0 Å². The van der Waals surface area contributed by atoms with Crippen LogP contribution in [0.5, 0.6) is 5.75 Å². The van der Waals surface area contributed by atoms with Gasteiger partial charge in [-0.2, -0.15) is 0 Å². The lowest BCUT2D eigenvalue weighted by Gasteiger charge is -2.11. The Bertz CT molecular complexity index is 895. The first-order valence-corrected chi connectivity index (χ1v) is 9.28. The van der Waals surface area contributed by atoms with Gasteiger partial charge in [-0.15, -0.1) is 0 Å². The Kier molecular flexibility index (Phi) is 6.31. The van der Waals surface area contributed by atoms with Gasteiger partial charge in [-0.25, -0.2) is 13.6 Å². The van der Waals surface area contributed by atoms with Crippen molar-refractivity contribution < 1.29 is 22.7 Å². The number of benzene rings is 2. The molecule has 0 aliphatic carbocycles. The third-order valence-electron chi connectivity index (χ3n) is 3.35. The standard InChI is InChI=1S/C17H19N3O5S/c1-2-25-15-6-4-3-5-14(15)20-17(22)16(21)19-11-12-7-9-13(10-8-12)26(18,23)24/h3-10H,2,11H2,1H3,(H,19,21)(H,20,22)(H2,18,23,24). The van der Waals surface area contributed by atoms with Gasteiger partial charge in [0.1, 0.15) is 5.75 Å². The summed E-state index contributed by atoms with van der Waals surface area (Å²) >= 11 is 0. The first kappa shape index (κ1) is 19.4. The van der Waals surface area contributed by atoms with Gasteiger partial charge in [0, 0.05) is 6.54 Å². The predicted molar refractivity (Wildman–Crippen MR) is 95.9 cm³/mol. The van der Waals surface area contributed by atoms with Gasteiger partial charge < -0.3 is 15.4 Å². The summed E-state index contributed by atoms with van der Waals surface area (Å²) in [6, 6.07) is 12.4. The SMILES string of the molecule is CCOc1ccccc1NC(=O)C(=O)NCc1ccc(S(N)(=O)=O)cc1. The Hall–Kier alpha value is -2.91. The number of hydrogen-bond donors (Lipinski definition) is 3. The number of sulfonamides is 1. The fourth-order valence-corrected chi connectivity index (χ4v) is 2.61. The number of anilines is 1. The van der Waals surface area contributed by atoms with E-state index in [1.165, 1.54) is 24.3 Å². The molecule has 8 nitrogen and oxygen atoms in total. The molecule has 0 heterocycles. The summed E-state index contributed by atoms with van der Waals surface area (Å²) in [7, 11) is -3.77. The quantitative estimate of drug-likeness (QED) is 0.647. The van der Waals surface area contributed by atoms with Crippen LogP contribution in [0.3, 0.4) is 0 Å². The molecule has 0 spiro atoms. The van der Waals surface area contributed by atoms with Gasteiger partial charge >= 0.3 is 11.8 Å². The van der Waals surface area contributed by atoms with Crippen LogP contribution < -0.4 is 20.5 Å². The molecule has 0 radical (unpaired) electrons. The highest BCUT2D eigenvalue weighted by atomic mass is 32.2. The number of primary sulfonamides is 1. The number of nitrogens with one attached hydrogen (secondary N) is 2. The lowest BCUT2D eigenvalue weighted by molar-refractivity contribution is -0.136. The van der Waals surface area contributed by atoms with Crippen molar-refractivity contribution in [1.29, 1.82) is 0 Å². The molecule has 0 saturated carbocycles. The van der Waals surface area contributed by atoms with Crippen molar-refractivity contribution in [1.82, 2.24) is 5.32 Å². The van der Waals surface area contributed by atoms with Gasteiger partial charge in [0.2, 0.25) is 10.0 Å². The fraction of sp³-hybridized carbons (Fsp3) is 0.176. The molecular weight excluding hydrogens is 358 g/mol. The zero-order chi connectivity index (χ0) is 19.2. The van der Waals surface area contributed by atoms with Gasteiger partial charge in [0.05, 0.1) is 17.2 Å². The van der Waals surface area contributed by atoms with Crippen molar-refractivity contribution in [3.63, 3.8) is 0 Å². The van der Waals surface area contributed by atoms with Crippen LogP contribution in [-0.2, 0) is 26.2 Å². The van der Waals surface area contributed by atoms with Crippen molar-refractivity contribution in [2.24, 2.45) is 5.14 Å². The number of rotatable bonds is 6. The Morgan fingerprint density at radius 3 is 2.31 bits per heavy atom. The molecule has 26 heavy (non-hydrogen) atoms. The summed E-state index contributed by atoms with van der Waals surface area (Å²) in [5, 5.41) is 9.96. The molecular formula is C17H19N3O5S. The number of amides is 2. The number of carbonyl (C=O) groups is 2. The lowest BCUT2D eigenvalue weighted by Crippen LogP contribution is -2.35. The van der Waals surface area contributed by atoms with Crippen LogP contribution in [0.1, 0.15) is 12.5 Å². The molecule has 0 saturated heterocycles. The third kappa shape index (κ3) is 5.30. The van der Waals surface area contributed by atoms with E-state index < -0.39 is 21.8 Å². The smallest absolute Gasteiger partial charge is 0.313 e. The van der Waals surface area contributed by atoms with Crippen molar-refractivity contribution in [3.8, 4) is 5.75 Å². The molecule has 138 valence electrons. The maximum Gasteiger partial charge on any atom is 0.313 e. The first-order valence-electron chi connectivity index (χ1n) is 7.74. The number of para-hydroxylation sites is 2. The van der Waals surface area contributed by atoms with E-state index in [1.54, 1.807) is 24.3 Å². The van der Waals surface area contributed by atoms with Crippen LogP contribution in [0.25, 0.3) is 0 Å². The first-order chi connectivity index (χ1) is 12.3. The van der Waals surface area contributed by atoms with Crippen LogP contribution in [0.2, 0.25) is 0 Å². The minimum Gasteiger partial charge on any atom is -0.492 e. The van der Waals surface area contributed by atoms with Crippen LogP contribution in [0.4, 0.5) is 5.69 Å². The van der Waals surface area contributed by atoms with E-state index in [-0.39, 0.29) is 11.4 Å². The molecule has 0 aliphatic rings. The second-order valence-electron chi connectivity index (χ2n) is 5.25. The zero-order valence-electron chi connectivity index (χ0n) is 14.1. The largest absolute Gasteiger partial charge is 0.492 e. The molecule has 0 fully saturated rings. The maximum absolute atomic E-state index is 12.0. The highest BCUT2D eigenvalue weighted by molar-refractivity contribution is 7.89. The summed E-state index contributed by atoms with van der Waals surface area (Å²) in [6.45, 7) is 2.30. The molecule has 0 aliphatic heterocycles. The average molecular weight is 377 g/mol. The van der Waals surface area contributed by atoms with E-state index in [1.807, 2.05) is 6.92 Å². The molecule has 0 aromatic heterocycles. The number of carbonyl (C=O) groups excluding carboxylic acids is 2. The van der Waals surface area contributed by atoms with E-state index in [0.29, 0.717) is 23.6 Å². The Morgan fingerprint density at radius 2 is 1.69 bits per heavy atom. The Labute approximate surface area is 151 Å². The topological polar surface area (TPSA) is 128 Å². The average Bonchev–Trinajstić information content (AvgIpc) is 2.61. The Balaban J connectivity index is 1.94. The molecule has 2 rings (SSSR count). The van der Waals surface area contributed by atoms with Crippen molar-refractivity contribution in [3.05, 3.63) is 54.1 Å². The minimum absolute atomic E-state index is 0.0298. The molecule has 9 heteroatoms. The number of ether oxygens (including phenoxy) is 1. The second kappa shape index (κ2) is 8.45. The van der Waals surface area contributed by atoms with Gasteiger partial charge in [-0.1, -0.05) is 24.3 Å². The molecule has 2 aromatic carbocycles. The predicted octanol–water partition coefficient (Wildman–Crippen LogP) is 0.988. The van der Waals surface area contributed by atoms with E-state index >= 15 is 0 Å². The Morgan fingerprint density at radius 1 is 1.04 bits per heavy atom. The van der Waals surface area contributed by atoms with Crippen molar-refractivity contribution in [2.45, 2.75) is 18.4 Å². The summed E-state index contributed by atoms with van der Waals surface area (Å²) < 4.78 is 27.8. The molecule has 2 aromatic rings. The molecule has 2 amide bonds. The van der Waals surface area contributed by atoms with E-state index in [2.05, 4.69) is 10.6 Å². The fourth-order valence-electron chi connectivity index (χ4n) is 2.09. The van der Waals surface area contributed by atoms with Crippen LogP contribution in [0.15, 0.2) is 53.4 Å². The zero-order valence-corrected chi connectivity index (χ0v) is 14.9. The van der Waals surface area contributed by atoms with Crippen LogP contribution >= 0.6 is 0 Å². The third-order valence-corrected chi connectivity index (χ3v) is 4.28. The van der Waals surface area contributed by atoms with Crippen molar-refractivity contribution in [2.75, 3.05) is 11.9 Å². The highest BCUT2D eigenvalue weighted by Crippen LogP contribution is 2.23. The van der Waals surface area contributed by atoms with Crippen LogP contribution in [-0.4, -0.2) is 26.8 Å². The van der Waals surface area contributed by atoms with Gasteiger partial charge in [-0.05, 0) is 36.8 Å². The molecule has 0 unspecified atom stereocenters. The van der Waals surface area contributed by atoms with E-state index in [4.69, 9.17) is 9.88 Å². The molecule has 0 bridgehead atoms. The number of hydrogen-bond acceptors (Lipinski definition) is 5. The van der Waals surface area contributed by atoms with E-state index in [0.717, 1.165) is 0 Å². The molecule has 4 N–H and O–H groups in total. The summed E-state index contributed by atoms with van der Waals surface area (Å²) in [6.07, 6.45) is 0. The van der Waals surface area contributed by atoms with Gasteiger partial charge in [0.15, 0.2) is 0 Å². The summed E-state index contributed by atoms with van der Waals surface area (Å²) in [5.41, 5.74) is 1.01. The monoisotopic (exact) mass is 377 g/mol. The number of nitrogens with two attached hydrogens (primary N) is 1. The van der Waals surface area contributed by atoms with Gasteiger partial charge in [-0.3, -0.25) is 9.59 Å². The lowest BCUT2D eigenvalue weighted by atomic mass is 10.2. The maximum atomic E-state index is 12.0. The normalized spacial score (nSPS) is 10.8. The second-order valence-corrected chi connectivity index (χ2v) is 6.82. The van der Waals surface area contributed by atoms with Gasteiger partial charge in [0.25, 0.3) is 0 Å². The summed E-state index contributed by atoms with van der Waals surface area (Å²) in [4.78, 5) is 23.9. The molecule has 0 atom stereocenters. The summed E-state index contributed by atoms with van der Waals surface area (Å²) in [5.74, 6) is -1.19.